The van der Waals surface area contributed by atoms with Gasteiger partial charge in [0, 0.05) is 101 Å². The number of fused-ring (bicyclic) bond motifs is 13. The second kappa shape index (κ2) is 20.4. The first-order valence-electron chi connectivity index (χ1n) is 29.9. The van der Waals surface area contributed by atoms with Crippen LogP contribution < -0.4 is 0 Å². The van der Waals surface area contributed by atoms with Gasteiger partial charge in [0.05, 0.1) is 38.8 Å². The Kier molecular flexibility index (Phi) is 11.7. The molecule has 18 rings (SSSR count). The molecule has 416 valence electrons. The first kappa shape index (κ1) is 51.0. The molecule has 0 bridgehead atoms. The van der Waals surface area contributed by atoms with Crippen molar-refractivity contribution in [1.29, 1.82) is 0 Å². The number of aromatic nitrogens is 6. The molecule has 0 unspecified atom stereocenters. The predicted octanol–water partition coefficient (Wildman–Crippen LogP) is 22.3. The Hall–Kier alpha value is -11.3. The smallest absolute Gasteiger partial charge is 0.164 e. The molecule has 0 aliphatic heterocycles. The summed E-state index contributed by atoms with van der Waals surface area (Å²) in [6, 6.07) is 99.6. The zero-order valence-corrected chi connectivity index (χ0v) is 49.6. The van der Waals surface area contributed by atoms with Gasteiger partial charge >= 0.3 is 0 Å². The van der Waals surface area contributed by atoms with Crippen LogP contribution in [0.4, 0.5) is 0 Å². The summed E-state index contributed by atoms with van der Waals surface area (Å²) in [5.41, 5.74) is 16.9. The van der Waals surface area contributed by atoms with Crippen molar-refractivity contribution in [3.63, 3.8) is 0 Å². The number of nitrogens with zero attached hydrogens (tertiary/aromatic N) is 6. The summed E-state index contributed by atoms with van der Waals surface area (Å²) in [6.45, 7) is 3.91. The van der Waals surface area contributed by atoms with Crippen LogP contribution in [0, 0.1) is 0 Å². The van der Waals surface area contributed by atoms with E-state index in [-0.39, 0.29) is 0 Å². The molecule has 0 N–H and O–H groups in total. The third-order valence-electron chi connectivity index (χ3n) is 17.6. The molecule has 0 aliphatic rings. The molecule has 89 heavy (non-hydrogen) atoms. The van der Waals surface area contributed by atoms with Gasteiger partial charge in [-0.1, -0.05) is 207 Å². The molecule has 12 aromatic carbocycles. The van der Waals surface area contributed by atoms with E-state index in [4.69, 9.17) is 15.0 Å². The molecule has 0 saturated heterocycles. The SMILES string of the molecule is C=C/C=C\c1cc2ccc(-c3nc(-c4cc(-c5ccccc5)c(-n5c6cc(-n7c8ccccc8c8ccccc87)ccc6c6ccc(-n7c8ccccc8c8ccccc87)cc65)c(-c5ccccc5)c4)nc(-c4ccc5c(c4)sc4ccccc45)n3)cc2s1. The van der Waals surface area contributed by atoms with Gasteiger partial charge in [0.15, 0.2) is 17.5 Å². The summed E-state index contributed by atoms with van der Waals surface area (Å²) < 4.78 is 11.0. The first-order chi connectivity index (χ1) is 44.1. The normalized spacial score (nSPS) is 12.0. The quantitative estimate of drug-likeness (QED) is 0.128. The van der Waals surface area contributed by atoms with Crippen LogP contribution >= 0.6 is 22.7 Å². The molecule has 0 amide bonds. The summed E-state index contributed by atoms with van der Waals surface area (Å²) in [4.78, 5) is 17.7. The van der Waals surface area contributed by atoms with Gasteiger partial charge in [-0.2, -0.15) is 0 Å². The van der Waals surface area contributed by atoms with Gasteiger partial charge in [0.1, 0.15) is 0 Å². The highest BCUT2D eigenvalue weighted by molar-refractivity contribution is 7.25. The fraction of sp³-hybridized carbons (Fsp3) is 0. The van der Waals surface area contributed by atoms with E-state index in [1.54, 1.807) is 22.7 Å². The van der Waals surface area contributed by atoms with E-state index in [1.165, 1.54) is 41.7 Å². The van der Waals surface area contributed by atoms with Crippen molar-refractivity contribution in [1.82, 2.24) is 28.7 Å². The maximum Gasteiger partial charge on any atom is 0.164 e. The summed E-state index contributed by atoms with van der Waals surface area (Å²) in [7, 11) is 0. The summed E-state index contributed by atoms with van der Waals surface area (Å²) >= 11 is 3.54. The lowest BCUT2D eigenvalue weighted by atomic mass is 9.92. The fourth-order valence-corrected chi connectivity index (χ4v) is 15.8. The number of hydrogen-bond donors (Lipinski definition) is 0. The number of thiophene rings is 2. The van der Waals surface area contributed by atoms with Crippen molar-refractivity contribution in [2.24, 2.45) is 0 Å². The van der Waals surface area contributed by atoms with Gasteiger partial charge in [-0.25, -0.2) is 15.0 Å². The monoisotopic (exact) mass is 1170 g/mol. The lowest BCUT2D eigenvalue weighted by Gasteiger charge is -2.21. The molecule has 0 fully saturated rings. The molecule has 0 saturated carbocycles. The van der Waals surface area contributed by atoms with Gasteiger partial charge in [-0.15, -0.1) is 22.7 Å². The Balaban J connectivity index is 0.939. The van der Waals surface area contributed by atoms with Crippen LogP contribution in [-0.2, 0) is 0 Å². The molecule has 0 aliphatic carbocycles. The minimum absolute atomic E-state index is 0.577. The molecule has 6 aromatic heterocycles. The standard InChI is InChI=1S/C81H50N6S2/c1-2-3-24-58-43-52-35-36-53(46-76(52)88-58)79-82-80(54-37-40-66-65-29-14-19-34-75(65)89-77(66)47-54)84-81(83-79)55-44-67(50-20-6-4-7-21-50)78(68(45-55)51-22-8-5-9-23-51)87-73-48-56(85-69-30-15-10-25-59(69)60-26-11-16-31-70(60)85)38-41-63(73)64-42-39-57(49-74(64)87)86-71-32-17-12-27-61(71)62-28-13-18-33-72(62)86/h2-49H,1H2/b24-3-. The van der Waals surface area contributed by atoms with Crippen LogP contribution in [0.5, 0.6) is 0 Å². The Morgan fingerprint density at radius 3 is 1.26 bits per heavy atom. The predicted molar refractivity (Wildman–Crippen MR) is 378 cm³/mol. The van der Waals surface area contributed by atoms with Crippen LogP contribution in [0.2, 0.25) is 0 Å². The highest BCUT2D eigenvalue weighted by Gasteiger charge is 2.26. The van der Waals surface area contributed by atoms with Crippen LogP contribution in [0.15, 0.2) is 292 Å². The topological polar surface area (TPSA) is 53.5 Å². The molecule has 18 aromatic rings. The number of allylic oxidation sites excluding steroid dienone is 2. The van der Waals surface area contributed by atoms with Crippen molar-refractivity contribution < 1.29 is 0 Å². The molecule has 0 atom stereocenters. The van der Waals surface area contributed by atoms with E-state index in [2.05, 4.69) is 299 Å². The number of para-hydroxylation sites is 4. The summed E-state index contributed by atoms with van der Waals surface area (Å²) in [5.74, 6) is 1.78. The van der Waals surface area contributed by atoms with Gasteiger partial charge in [0.25, 0.3) is 0 Å². The maximum absolute atomic E-state index is 5.56. The van der Waals surface area contributed by atoms with Crippen molar-refractivity contribution >= 4 is 124 Å². The van der Waals surface area contributed by atoms with Crippen molar-refractivity contribution in [2.75, 3.05) is 0 Å². The largest absolute Gasteiger partial charge is 0.309 e. The van der Waals surface area contributed by atoms with Crippen LogP contribution in [-0.4, -0.2) is 28.7 Å². The van der Waals surface area contributed by atoms with Gasteiger partial charge in [0.2, 0.25) is 0 Å². The Morgan fingerprint density at radius 2 is 0.730 bits per heavy atom. The van der Waals surface area contributed by atoms with Gasteiger partial charge in [-0.05, 0) is 108 Å². The molecular weight excluding hydrogens is 1120 g/mol. The molecule has 6 heterocycles. The summed E-state index contributed by atoms with van der Waals surface area (Å²) in [6.07, 6.45) is 5.90. The average molecular weight is 1170 g/mol. The van der Waals surface area contributed by atoms with Crippen molar-refractivity contribution in [3.05, 3.63) is 297 Å². The maximum atomic E-state index is 5.56. The molecule has 0 spiro atoms. The van der Waals surface area contributed by atoms with E-state index in [0.29, 0.717) is 17.5 Å². The Labute approximate surface area is 519 Å². The number of hydrogen-bond acceptors (Lipinski definition) is 5. The minimum atomic E-state index is 0.577. The Morgan fingerprint density at radius 1 is 0.303 bits per heavy atom. The third-order valence-corrected chi connectivity index (χ3v) is 19.8. The molecular formula is C81H50N6S2. The van der Waals surface area contributed by atoms with Gasteiger partial charge < -0.3 is 13.7 Å². The Bertz CT molecular complexity index is 5620. The van der Waals surface area contributed by atoms with Crippen LogP contribution in [0.1, 0.15) is 4.88 Å². The summed E-state index contributed by atoms with van der Waals surface area (Å²) in [5, 5.41) is 10.8. The lowest BCUT2D eigenvalue weighted by Crippen LogP contribution is -2.05. The fourth-order valence-electron chi connectivity index (χ4n) is 13.7. The van der Waals surface area contributed by atoms with E-state index in [0.717, 1.165) is 115 Å². The molecule has 0 radical (unpaired) electrons. The highest BCUT2D eigenvalue weighted by atomic mass is 32.1. The van der Waals surface area contributed by atoms with Crippen LogP contribution in [0.3, 0.4) is 0 Å². The minimum Gasteiger partial charge on any atom is -0.309 e. The van der Waals surface area contributed by atoms with E-state index in [9.17, 15) is 0 Å². The highest BCUT2D eigenvalue weighted by Crippen LogP contribution is 2.47. The van der Waals surface area contributed by atoms with Crippen LogP contribution in [0.25, 0.3) is 175 Å². The number of rotatable bonds is 10. The van der Waals surface area contributed by atoms with E-state index >= 15 is 0 Å². The zero-order chi connectivity index (χ0) is 58.7. The third kappa shape index (κ3) is 8.26. The zero-order valence-electron chi connectivity index (χ0n) is 47.9. The second-order valence-electron chi connectivity index (χ2n) is 22.7. The first-order valence-corrected chi connectivity index (χ1v) is 31.6. The average Bonchev–Trinajstić information content (AvgIpc) is 1.64. The molecule has 8 heteroatoms. The number of benzene rings is 12. The second-order valence-corrected chi connectivity index (χ2v) is 24.9. The van der Waals surface area contributed by atoms with E-state index < -0.39 is 0 Å². The van der Waals surface area contributed by atoms with E-state index in [1.807, 2.05) is 12.2 Å². The van der Waals surface area contributed by atoms with Crippen molar-refractivity contribution in [3.8, 4) is 73.5 Å². The van der Waals surface area contributed by atoms with Crippen molar-refractivity contribution in [2.45, 2.75) is 0 Å². The van der Waals surface area contributed by atoms with Gasteiger partial charge in [-0.3, -0.25) is 0 Å². The molecule has 6 nitrogen and oxygen atoms in total. The lowest BCUT2D eigenvalue weighted by molar-refractivity contribution is 1.07.